The SMILES string of the molecule is CN(C)S(=O)(=O)NC1CCCC1C(=N)N. The summed E-state index contributed by atoms with van der Waals surface area (Å²) < 4.78 is 26.8. The first-order valence-corrected chi connectivity index (χ1v) is 6.32. The van der Waals surface area contributed by atoms with Crippen molar-refractivity contribution in [2.75, 3.05) is 14.1 Å². The normalized spacial score (nSPS) is 27.1. The van der Waals surface area contributed by atoms with Gasteiger partial charge in [0.15, 0.2) is 0 Å². The first-order chi connectivity index (χ1) is 6.84. The van der Waals surface area contributed by atoms with Crippen molar-refractivity contribution in [3.8, 4) is 0 Å². The quantitative estimate of drug-likeness (QED) is 0.451. The van der Waals surface area contributed by atoms with Gasteiger partial charge in [0, 0.05) is 26.1 Å². The van der Waals surface area contributed by atoms with Gasteiger partial charge in [-0.05, 0) is 12.8 Å². The van der Waals surface area contributed by atoms with E-state index in [-0.39, 0.29) is 17.8 Å². The summed E-state index contributed by atoms with van der Waals surface area (Å²) in [6.07, 6.45) is 2.44. The van der Waals surface area contributed by atoms with Crippen molar-refractivity contribution in [1.82, 2.24) is 9.03 Å². The molecular formula is C8H18N4O2S. The van der Waals surface area contributed by atoms with Gasteiger partial charge in [0.25, 0.3) is 10.2 Å². The van der Waals surface area contributed by atoms with Crippen molar-refractivity contribution in [3.63, 3.8) is 0 Å². The molecule has 4 N–H and O–H groups in total. The van der Waals surface area contributed by atoms with E-state index in [1.807, 2.05) is 0 Å². The molecule has 0 amide bonds. The zero-order valence-electron chi connectivity index (χ0n) is 9.03. The number of nitrogens with zero attached hydrogens (tertiary/aromatic N) is 1. The first kappa shape index (κ1) is 12.4. The number of nitrogens with two attached hydrogens (primary N) is 1. The Bertz CT molecular complexity index is 339. The van der Waals surface area contributed by atoms with Crippen LogP contribution in [0.2, 0.25) is 0 Å². The van der Waals surface area contributed by atoms with Crippen LogP contribution in [0.3, 0.4) is 0 Å². The minimum absolute atomic E-state index is 0.0685. The number of rotatable bonds is 4. The number of hydrogen-bond donors (Lipinski definition) is 3. The molecule has 0 aromatic heterocycles. The van der Waals surface area contributed by atoms with Gasteiger partial charge in [0.1, 0.15) is 0 Å². The molecule has 0 heterocycles. The molecule has 15 heavy (non-hydrogen) atoms. The van der Waals surface area contributed by atoms with Crippen molar-refractivity contribution < 1.29 is 8.42 Å². The number of amidine groups is 1. The van der Waals surface area contributed by atoms with Gasteiger partial charge in [0.05, 0.1) is 5.84 Å². The Morgan fingerprint density at radius 1 is 1.47 bits per heavy atom. The van der Waals surface area contributed by atoms with Crippen molar-refractivity contribution >= 4 is 16.0 Å². The highest BCUT2D eigenvalue weighted by atomic mass is 32.2. The summed E-state index contributed by atoms with van der Waals surface area (Å²) in [5.74, 6) is -0.0846. The summed E-state index contributed by atoms with van der Waals surface area (Å²) >= 11 is 0. The summed E-state index contributed by atoms with van der Waals surface area (Å²) in [6, 6.07) is -0.227. The highest BCUT2D eigenvalue weighted by Gasteiger charge is 2.33. The zero-order chi connectivity index (χ0) is 11.6. The van der Waals surface area contributed by atoms with Crippen LogP contribution in [0.1, 0.15) is 19.3 Å². The smallest absolute Gasteiger partial charge is 0.279 e. The average Bonchev–Trinajstić information content (AvgIpc) is 2.51. The van der Waals surface area contributed by atoms with Gasteiger partial charge in [-0.1, -0.05) is 6.42 Å². The van der Waals surface area contributed by atoms with Crippen molar-refractivity contribution in [2.45, 2.75) is 25.3 Å². The molecule has 1 aliphatic carbocycles. The van der Waals surface area contributed by atoms with Crippen LogP contribution < -0.4 is 10.5 Å². The molecule has 1 fully saturated rings. The molecule has 0 radical (unpaired) electrons. The van der Waals surface area contributed by atoms with E-state index >= 15 is 0 Å². The summed E-state index contributed by atoms with van der Waals surface area (Å²) in [6.45, 7) is 0. The average molecular weight is 234 g/mol. The molecule has 0 aliphatic heterocycles. The Labute approximate surface area is 90.5 Å². The third-order valence-corrected chi connectivity index (χ3v) is 4.26. The number of nitrogens with one attached hydrogen (secondary N) is 2. The summed E-state index contributed by atoms with van der Waals surface area (Å²) in [4.78, 5) is 0. The van der Waals surface area contributed by atoms with Gasteiger partial charge in [0.2, 0.25) is 0 Å². The Hall–Kier alpha value is -0.660. The maximum Gasteiger partial charge on any atom is 0.279 e. The van der Waals surface area contributed by atoms with Crippen molar-refractivity contribution in [3.05, 3.63) is 0 Å². The second kappa shape index (κ2) is 4.46. The maximum absolute atomic E-state index is 11.6. The fraction of sp³-hybridized carbons (Fsp3) is 0.875. The van der Waals surface area contributed by atoms with Crippen LogP contribution in [0.15, 0.2) is 0 Å². The number of hydrogen-bond acceptors (Lipinski definition) is 3. The third-order valence-electron chi connectivity index (χ3n) is 2.70. The molecular weight excluding hydrogens is 216 g/mol. The molecule has 0 aromatic carbocycles. The zero-order valence-corrected chi connectivity index (χ0v) is 9.84. The van der Waals surface area contributed by atoms with Crippen LogP contribution in [-0.4, -0.2) is 38.7 Å². The van der Waals surface area contributed by atoms with Crippen LogP contribution in [0.25, 0.3) is 0 Å². The third kappa shape index (κ3) is 2.90. The van der Waals surface area contributed by atoms with E-state index < -0.39 is 10.2 Å². The molecule has 0 bridgehead atoms. The lowest BCUT2D eigenvalue weighted by molar-refractivity contribution is 0.472. The molecule has 0 saturated heterocycles. The minimum atomic E-state index is -3.42. The van der Waals surface area contributed by atoms with E-state index in [2.05, 4.69) is 4.72 Å². The molecule has 6 nitrogen and oxygen atoms in total. The Morgan fingerprint density at radius 2 is 2.07 bits per heavy atom. The first-order valence-electron chi connectivity index (χ1n) is 4.88. The van der Waals surface area contributed by atoms with Gasteiger partial charge in [-0.3, -0.25) is 5.41 Å². The molecule has 2 unspecified atom stereocenters. The van der Waals surface area contributed by atoms with Crippen LogP contribution in [0.4, 0.5) is 0 Å². The Balaban J connectivity index is 2.70. The van der Waals surface area contributed by atoms with E-state index in [0.717, 1.165) is 23.6 Å². The molecule has 7 heteroatoms. The lowest BCUT2D eigenvalue weighted by atomic mass is 10.0. The standard InChI is InChI=1S/C8H18N4O2S/c1-12(2)15(13,14)11-7-5-3-4-6(7)8(9)10/h6-7,11H,3-5H2,1-2H3,(H3,9,10). The Morgan fingerprint density at radius 3 is 2.53 bits per heavy atom. The molecule has 88 valence electrons. The monoisotopic (exact) mass is 234 g/mol. The molecule has 1 aliphatic rings. The lowest BCUT2D eigenvalue weighted by Crippen LogP contribution is -2.46. The molecule has 2 atom stereocenters. The van der Waals surface area contributed by atoms with E-state index in [1.54, 1.807) is 0 Å². The second-order valence-corrected chi connectivity index (χ2v) is 5.92. The van der Waals surface area contributed by atoms with E-state index in [1.165, 1.54) is 14.1 Å². The van der Waals surface area contributed by atoms with Gasteiger partial charge in [-0.2, -0.15) is 17.4 Å². The fourth-order valence-electron chi connectivity index (χ4n) is 1.77. The van der Waals surface area contributed by atoms with E-state index in [4.69, 9.17) is 11.1 Å². The van der Waals surface area contributed by atoms with Gasteiger partial charge in [-0.15, -0.1) is 0 Å². The predicted octanol–water partition coefficient (Wildman–Crippen LogP) is -0.513. The molecule has 1 saturated carbocycles. The summed E-state index contributed by atoms with van der Waals surface area (Å²) in [5.41, 5.74) is 5.42. The highest BCUT2D eigenvalue weighted by Crippen LogP contribution is 2.26. The molecule has 0 aromatic rings. The van der Waals surface area contributed by atoms with E-state index in [0.29, 0.717) is 0 Å². The molecule has 1 rings (SSSR count). The summed E-state index contributed by atoms with van der Waals surface area (Å²) in [5, 5.41) is 7.37. The van der Waals surface area contributed by atoms with Gasteiger partial charge < -0.3 is 5.73 Å². The van der Waals surface area contributed by atoms with Crippen molar-refractivity contribution in [2.24, 2.45) is 11.7 Å². The van der Waals surface area contributed by atoms with Crippen LogP contribution >= 0.6 is 0 Å². The second-order valence-electron chi connectivity index (χ2n) is 4.00. The van der Waals surface area contributed by atoms with E-state index in [9.17, 15) is 8.42 Å². The fourth-order valence-corrected chi connectivity index (χ4v) is 2.65. The predicted molar refractivity (Wildman–Crippen MR) is 58.8 cm³/mol. The Kier molecular flexibility index (Phi) is 3.69. The maximum atomic E-state index is 11.6. The van der Waals surface area contributed by atoms with Gasteiger partial charge in [-0.25, -0.2) is 0 Å². The largest absolute Gasteiger partial charge is 0.387 e. The minimum Gasteiger partial charge on any atom is -0.387 e. The topological polar surface area (TPSA) is 99.3 Å². The highest BCUT2D eigenvalue weighted by molar-refractivity contribution is 7.87. The van der Waals surface area contributed by atoms with Crippen LogP contribution in [0.5, 0.6) is 0 Å². The van der Waals surface area contributed by atoms with Crippen molar-refractivity contribution in [1.29, 1.82) is 5.41 Å². The molecule has 0 spiro atoms. The van der Waals surface area contributed by atoms with Crippen LogP contribution in [0, 0.1) is 11.3 Å². The lowest BCUT2D eigenvalue weighted by Gasteiger charge is -2.21. The van der Waals surface area contributed by atoms with Gasteiger partial charge >= 0.3 is 0 Å². The van der Waals surface area contributed by atoms with Crippen LogP contribution in [-0.2, 0) is 10.2 Å². The summed E-state index contributed by atoms with van der Waals surface area (Å²) in [7, 11) is -0.472.